The summed E-state index contributed by atoms with van der Waals surface area (Å²) in [5, 5.41) is 15.4. The number of ether oxygens (including phenoxy) is 4. The molecule has 1 fully saturated rings. The van der Waals surface area contributed by atoms with Crippen molar-refractivity contribution >= 4 is 23.2 Å². The Morgan fingerprint density at radius 2 is 1.52 bits per heavy atom. The number of anilines is 2. The van der Waals surface area contributed by atoms with Gasteiger partial charge in [-0.2, -0.15) is 0 Å². The molecule has 58 heavy (non-hydrogen) atoms. The third kappa shape index (κ3) is 10.2. The van der Waals surface area contributed by atoms with E-state index >= 15 is 0 Å². The number of hydrogen-bond acceptors (Lipinski definition) is 9. The molecule has 0 aliphatic carbocycles. The fraction of sp³-hybridized carbons (Fsp3) is 0.319. The van der Waals surface area contributed by atoms with Gasteiger partial charge >= 0.3 is 0 Å². The molecule has 2 aliphatic heterocycles. The summed E-state index contributed by atoms with van der Waals surface area (Å²) < 4.78 is 24.5. The first-order valence-electron chi connectivity index (χ1n) is 19.9. The molecule has 0 bridgehead atoms. The molecule has 0 spiro atoms. The van der Waals surface area contributed by atoms with Gasteiger partial charge in [0.2, 0.25) is 11.8 Å². The van der Waals surface area contributed by atoms with Gasteiger partial charge in [-0.15, -0.1) is 0 Å². The lowest BCUT2D eigenvalue weighted by molar-refractivity contribution is -0.253. The second-order valence-electron chi connectivity index (χ2n) is 14.9. The molecule has 302 valence electrons. The summed E-state index contributed by atoms with van der Waals surface area (Å²) >= 11 is 0. The molecular weight excluding hydrogens is 733 g/mol. The van der Waals surface area contributed by atoms with Crippen LogP contribution in [0.4, 0.5) is 11.4 Å². The summed E-state index contributed by atoms with van der Waals surface area (Å²) in [5.41, 5.74) is 15.4. The van der Waals surface area contributed by atoms with Gasteiger partial charge < -0.3 is 40.4 Å². The minimum atomic E-state index is -0.569. The number of para-hydroxylation sites is 2. The predicted octanol–water partition coefficient (Wildman–Crippen LogP) is 7.47. The van der Waals surface area contributed by atoms with Crippen molar-refractivity contribution in [2.45, 2.75) is 70.3 Å². The SMILES string of the molecule is COc1cc2c(cc1OC)CN(CC1CC(c3ccc(CO)cc3)OC(c3ccc(-c4cccc(CNC(=O)CCCC(=O)Nc5ccccc5N)c4)cc3)O1)CC2. The highest BCUT2D eigenvalue weighted by Gasteiger charge is 2.34. The van der Waals surface area contributed by atoms with Gasteiger partial charge in [0.05, 0.1) is 44.4 Å². The Morgan fingerprint density at radius 1 is 0.793 bits per heavy atom. The molecule has 0 radical (unpaired) electrons. The highest BCUT2D eigenvalue weighted by molar-refractivity contribution is 5.94. The van der Waals surface area contributed by atoms with E-state index in [4.69, 9.17) is 24.7 Å². The van der Waals surface area contributed by atoms with Gasteiger partial charge in [0.1, 0.15) is 0 Å². The maximum absolute atomic E-state index is 12.6. The Balaban J connectivity index is 0.971. The quantitative estimate of drug-likeness (QED) is 0.0795. The van der Waals surface area contributed by atoms with E-state index in [2.05, 4.69) is 64.1 Å². The van der Waals surface area contributed by atoms with E-state index < -0.39 is 6.29 Å². The first-order chi connectivity index (χ1) is 28.3. The monoisotopic (exact) mass is 784 g/mol. The summed E-state index contributed by atoms with van der Waals surface area (Å²) in [6, 6.07) is 35.6. The number of nitrogens with two attached hydrogens (primary N) is 1. The number of fused-ring (bicyclic) bond motifs is 1. The number of nitrogens with zero attached hydrogens (tertiary/aromatic N) is 1. The fourth-order valence-corrected chi connectivity index (χ4v) is 7.63. The molecule has 5 aromatic rings. The van der Waals surface area contributed by atoms with Crippen molar-refractivity contribution in [3.63, 3.8) is 0 Å². The van der Waals surface area contributed by atoms with Gasteiger partial charge in [-0.25, -0.2) is 0 Å². The van der Waals surface area contributed by atoms with Crippen LogP contribution in [0.1, 0.15) is 71.5 Å². The summed E-state index contributed by atoms with van der Waals surface area (Å²) in [6.07, 6.45) is 1.68. The highest BCUT2D eigenvalue weighted by atomic mass is 16.7. The number of benzene rings is 5. The van der Waals surface area contributed by atoms with Crippen molar-refractivity contribution in [1.29, 1.82) is 0 Å². The molecule has 5 aromatic carbocycles. The average Bonchev–Trinajstić information content (AvgIpc) is 3.26. The number of methoxy groups -OCH3 is 2. The van der Waals surface area contributed by atoms with E-state index in [1.54, 1.807) is 26.4 Å². The number of aliphatic hydroxyl groups excluding tert-OH is 1. The topological polar surface area (TPSA) is 145 Å². The lowest BCUT2D eigenvalue weighted by atomic mass is 9.96. The van der Waals surface area contributed by atoms with E-state index in [1.165, 1.54) is 11.1 Å². The fourth-order valence-electron chi connectivity index (χ4n) is 7.63. The van der Waals surface area contributed by atoms with Crippen LogP contribution in [0.2, 0.25) is 0 Å². The largest absolute Gasteiger partial charge is 0.493 e. The number of nitrogen functional groups attached to an aromatic ring is 1. The number of carbonyl (C=O) groups excluding carboxylic acids is 2. The minimum Gasteiger partial charge on any atom is -0.493 e. The van der Waals surface area contributed by atoms with Gasteiger partial charge in [0.25, 0.3) is 0 Å². The lowest BCUT2D eigenvalue weighted by Gasteiger charge is -2.39. The zero-order valence-electron chi connectivity index (χ0n) is 33.1. The number of hydrogen-bond donors (Lipinski definition) is 4. The molecule has 1 saturated heterocycles. The smallest absolute Gasteiger partial charge is 0.224 e. The summed E-state index contributed by atoms with van der Waals surface area (Å²) in [5.74, 6) is 1.21. The van der Waals surface area contributed by atoms with E-state index in [1.807, 2.05) is 48.5 Å². The molecule has 11 heteroatoms. The number of carbonyl (C=O) groups is 2. The van der Waals surface area contributed by atoms with Crippen LogP contribution in [0.25, 0.3) is 11.1 Å². The molecule has 0 saturated carbocycles. The van der Waals surface area contributed by atoms with Crippen LogP contribution < -0.4 is 25.8 Å². The predicted molar refractivity (Wildman–Crippen MR) is 224 cm³/mol. The summed E-state index contributed by atoms with van der Waals surface area (Å²) in [6.45, 7) is 2.82. The number of nitrogens with one attached hydrogen (secondary N) is 2. The Hall–Kier alpha value is -5.72. The molecule has 2 heterocycles. The van der Waals surface area contributed by atoms with E-state index in [9.17, 15) is 14.7 Å². The van der Waals surface area contributed by atoms with Crippen LogP contribution >= 0.6 is 0 Å². The Morgan fingerprint density at radius 3 is 2.26 bits per heavy atom. The van der Waals surface area contributed by atoms with Crippen LogP contribution in [0.3, 0.4) is 0 Å². The zero-order valence-corrected chi connectivity index (χ0v) is 33.1. The molecule has 2 amide bonds. The van der Waals surface area contributed by atoms with E-state index in [0.29, 0.717) is 30.8 Å². The van der Waals surface area contributed by atoms with Gasteiger partial charge in [0, 0.05) is 51.0 Å². The molecule has 3 atom stereocenters. The number of aliphatic hydroxyl groups is 1. The lowest BCUT2D eigenvalue weighted by Crippen LogP contribution is -2.41. The molecule has 2 aliphatic rings. The van der Waals surface area contributed by atoms with Crippen molar-refractivity contribution in [2.24, 2.45) is 0 Å². The maximum Gasteiger partial charge on any atom is 0.224 e. The van der Waals surface area contributed by atoms with E-state index in [0.717, 1.165) is 70.9 Å². The van der Waals surface area contributed by atoms with Crippen LogP contribution in [-0.2, 0) is 45.2 Å². The highest BCUT2D eigenvalue weighted by Crippen LogP contribution is 2.40. The third-order valence-corrected chi connectivity index (χ3v) is 10.8. The normalized spacial score (nSPS) is 17.9. The van der Waals surface area contributed by atoms with Crippen molar-refractivity contribution in [3.8, 4) is 22.6 Å². The van der Waals surface area contributed by atoms with Crippen LogP contribution in [0.15, 0.2) is 109 Å². The first kappa shape index (κ1) is 40.5. The maximum atomic E-state index is 12.6. The minimum absolute atomic E-state index is 0.00879. The second-order valence-corrected chi connectivity index (χ2v) is 14.9. The van der Waals surface area contributed by atoms with Gasteiger partial charge in [0.15, 0.2) is 17.8 Å². The van der Waals surface area contributed by atoms with Crippen LogP contribution in [0, 0.1) is 0 Å². The van der Waals surface area contributed by atoms with Crippen molar-refractivity contribution in [1.82, 2.24) is 10.2 Å². The van der Waals surface area contributed by atoms with Crippen molar-refractivity contribution in [2.75, 3.05) is 38.4 Å². The Bertz CT molecular complexity index is 2180. The van der Waals surface area contributed by atoms with E-state index in [-0.39, 0.29) is 43.5 Å². The molecule has 7 rings (SSSR count). The summed E-state index contributed by atoms with van der Waals surface area (Å²) in [7, 11) is 3.33. The first-order valence-corrected chi connectivity index (χ1v) is 19.9. The summed E-state index contributed by atoms with van der Waals surface area (Å²) in [4.78, 5) is 27.4. The number of rotatable bonds is 15. The number of amides is 2. The van der Waals surface area contributed by atoms with Crippen molar-refractivity contribution in [3.05, 3.63) is 143 Å². The van der Waals surface area contributed by atoms with Crippen LogP contribution in [0.5, 0.6) is 11.5 Å². The van der Waals surface area contributed by atoms with Crippen molar-refractivity contribution < 1.29 is 33.6 Å². The Labute approximate surface area is 340 Å². The van der Waals surface area contributed by atoms with Gasteiger partial charge in [-0.1, -0.05) is 78.9 Å². The molecular formula is C47H52N4O7. The standard InChI is InChI=1S/C47H52N4O7/c1-55-43-24-37-21-22-51(28-38(37)25-44(43)56-2)29-39-26-42(34-15-13-31(30-52)14-16-34)58-47(57-39)35-19-17-33(18-20-35)36-8-5-7-32(23-36)27-49-45(53)11-6-12-46(54)50-41-10-4-3-9-40(41)48/h3-5,7-10,13-20,23-25,39,42,47,52H,6,11-12,21-22,26-30,48H2,1-2H3,(H,49,53)(H,50,54). The van der Waals surface area contributed by atoms with Crippen LogP contribution in [-0.4, -0.2) is 55.2 Å². The molecule has 3 unspecified atom stereocenters. The third-order valence-electron chi connectivity index (χ3n) is 10.8. The average molecular weight is 785 g/mol. The van der Waals surface area contributed by atoms with Gasteiger partial charge in [-0.3, -0.25) is 14.5 Å². The molecule has 0 aromatic heterocycles. The second kappa shape index (κ2) is 19.1. The molecule has 5 N–H and O–H groups in total. The zero-order chi connectivity index (χ0) is 40.4. The molecule has 11 nitrogen and oxygen atoms in total. The van der Waals surface area contributed by atoms with Gasteiger partial charge in [-0.05, 0) is 82.1 Å². The Kier molecular flexibility index (Phi) is 13.4.